The zero-order chi connectivity index (χ0) is 13.8. The van der Waals surface area contributed by atoms with Crippen LogP contribution in [0.5, 0.6) is 5.75 Å². The standard InChI is InChI=1S/C16H23NO2/c1-12(2)10-17(14-7-8-14)11-16(18)13-5-4-6-15(9-13)19-3/h4-6,9,12,14H,7-8,10-11H2,1-3H3. The van der Waals surface area contributed by atoms with Crippen LogP contribution in [0.1, 0.15) is 37.0 Å². The first kappa shape index (κ1) is 14.1. The quantitative estimate of drug-likeness (QED) is 0.707. The highest BCUT2D eigenvalue weighted by atomic mass is 16.5. The first-order valence-corrected chi connectivity index (χ1v) is 7.01. The lowest BCUT2D eigenvalue weighted by Crippen LogP contribution is -2.34. The number of carbonyl (C=O) groups excluding carboxylic acids is 1. The van der Waals surface area contributed by atoms with Crippen molar-refractivity contribution in [2.45, 2.75) is 32.7 Å². The number of rotatable bonds is 7. The lowest BCUT2D eigenvalue weighted by atomic mass is 10.1. The highest BCUT2D eigenvalue weighted by Crippen LogP contribution is 2.27. The summed E-state index contributed by atoms with van der Waals surface area (Å²) >= 11 is 0. The number of ether oxygens (including phenoxy) is 1. The molecule has 1 aromatic rings. The molecule has 0 spiro atoms. The first-order valence-electron chi connectivity index (χ1n) is 7.01. The molecule has 0 radical (unpaired) electrons. The van der Waals surface area contributed by atoms with Crippen molar-refractivity contribution in [1.29, 1.82) is 0 Å². The van der Waals surface area contributed by atoms with Crippen LogP contribution in [0.4, 0.5) is 0 Å². The van der Waals surface area contributed by atoms with Crippen LogP contribution in [0.3, 0.4) is 0 Å². The number of benzene rings is 1. The highest BCUT2D eigenvalue weighted by molar-refractivity contribution is 5.98. The van der Waals surface area contributed by atoms with E-state index in [1.807, 2.05) is 24.3 Å². The van der Waals surface area contributed by atoms with E-state index in [-0.39, 0.29) is 5.78 Å². The molecule has 1 aromatic carbocycles. The monoisotopic (exact) mass is 261 g/mol. The van der Waals surface area contributed by atoms with Crippen molar-refractivity contribution in [2.75, 3.05) is 20.2 Å². The smallest absolute Gasteiger partial charge is 0.176 e. The summed E-state index contributed by atoms with van der Waals surface area (Å²) in [6.45, 7) is 5.92. The minimum Gasteiger partial charge on any atom is -0.497 e. The highest BCUT2D eigenvalue weighted by Gasteiger charge is 2.30. The number of ketones is 1. The Morgan fingerprint density at radius 2 is 2.16 bits per heavy atom. The van der Waals surface area contributed by atoms with Crippen molar-refractivity contribution in [1.82, 2.24) is 4.90 Å². The van der Waals surface area contributed by atoms with Crippen LogP contribution in [0.25, 0.3) is 0 Å². The van der Waals surface area contributed by atoms with Crippen molar-refractivity contribution in [2.24, 2.45) is 5.92 Å². The second-order valence-electron chi connectivity index (χ2n) is 5.71. The van der Waals surface area contributed by atoms with Crippen LogP contribution in [0.2, 0.25) is 0 Å². The topological polar surface area (TPSA) is 29.5 Å². The molecule has 104 valence electrons. The van der Waals surface area contributed by atoms with Gasteiger partial charge in [0.25, 0.3) is 0 Å². The van der Waals surface area contributed by atoms with Gasteiger partial charge in [-0.25, -0.2) is 0 Å². The molecule has 0 bridgehead atoms. The van der Waals surface area contributed by atoms with Gasteiger partial charge in [0, 0.05) is 18.2 Å². The third-order valence-electron chi connectivity index (χ3n) is 3.40. The Morgan fingerprint density at radius 3 is 2.74 bits per heavy atom. The largest absolute Gasteiger partial charge is 0.497 e. The average Bonchev–Trinajstić information content (AvgIpc) is 3.21. The molecule has 0 saturated heterocycles. The summed E-state index contributed by atoms with van der Waals surface area (Å²) in [5.74, 6) is 1.53. The van der Waals surface area contributed by atoms with Gasteiger partial charge in [0.05, 0.1) is 13.7 Å². The number of nitrogens with zero attached hydrogens (tertiary/aromatic N) is 1. The van der Waals surface area contributed by atoms with Gasteiger partial charge in [-0.05, 0) is 30.9 Å². The van der Waals surface area contributed by atoms with Gasteiger partial charge in [-0.2, -0.15) is 0 Å². The van der Waals surface area contributed by atoms with E-state index >= 15 is 0 Å². The number of hydrogen-bond donors (Lipinski definition) is 0. The second kappa shape index (κ2) is 6.20. The molecule has 1 aliphatic carbocycles. The first-order chi connectivity index (χ1) is 9.10. The van der Waals surface area contributed by atoms with Crippen molar-refractivity contribution in [3.05, 3.63) is 29.8 Å². The molecule has 0 amide bonds. The van der Waals surface area contributed by atoms with E-state index in [1.54, 1.807) is 7.11 Å². The van der Waals surface area contributed by atoms with Crippen LogP contribution >= 0.6 is 0 Å². The summed E-state index contributed by atoms with van der Waals surface area (Å²) < 4.78 is 5.17. The summed E-state index contributed by atoms with van der Waals surface area (Å²) in [4.78, 5) is 14.7. The van der Waals surface area contributed by atoms with Crippen LogP contribution in [-0.2, 0) is 0 Å². The van der Waals surface area contributed by atoms with Gasteiger partial charge in [-0.15, -0.1) is 0 Å². The van der Waals surface area contributed by atoms with Gasteiger partial charge in [0.15, 0.2) is 5.78 Å². The SMILES string of the molecule is COc1cccc(C(=O)CN(CC(C)C)C2CC2)c1. The minimum absolute atomic E-state index is 0.187. The van der Waals surface area contributed by atoms with Crippen molar-refractivity contribution >= 4 is 5.78 Å². The Hall–Kier alpha value is -1.35. The predicted molar refractivity (Wildman–Crippen MR) is 76.8 cm³/mol. The Labute approximate surface area is 115 Å². The Bertz CT molecular complexity index is 438. The van der Waals surface area contributed by atoms with Crippen LogP contribution in [-0.4, -0.2) is 36.9 Å². The summed E-state index contributed by atoms with van der Waals surface area (Å²) in [6, 6.07) is 8.05. The molecule has 1 fully saturated rings. The lowest BCUT2D eigenvalue weighted by molar-refractivity contribution is 0.0915. The van der Waals surface area contributed by atoms with Gasteiger partial charge in [0.2, 0.25) is 0 Å². The van der Waals surface area contributed by atoms with Gasteiger partial charge in [-0.3, -0.25) is 9.69 Å². The molecule has 3 heteroatoms. The predicted octanol–water partition coefficient (Wildman–Crippen LogP) is 3.00. The molecule has 0 heterocycles. The van der Waals surface area contributed by atoms with Crippen molar-refractivity contribution < 1.29 is 9.53 Å². The van der Waals surface area contributed by atoms with Crippen LogP contribution in [0.15, 0.2) is 24.3 Å². The Balaban J connectivity index is 2.01. The number of methoxy groups -OCH3 is 1. The number of carbonyl (C=O) groups is 1. The molecule has 3 nitrogen and oxygen atoms in total. The fourth-order valence-electron chi connectivity index (χ4n) is 2.32. The van der Waals surface area contributed by atoms with E-state index in [2.05, 4.69) is 18.7 Å². The van der Waals surface area contributed by atoms with E-state index in [0.717, 1.165) is 17.9 Å². The Kier molecular flexibility index (Phi) is 4.59. The van der Waals surface area contributed by atoms with E-state index in [9.17, 15) is 4.79 Å². The fourth-order valence-corrected chi connectivity index (χ4v) is 2.32. The molecule has 0 aliphatic heterocycles. The third-order valence-corrected chi connectivity index (χ3v) is 3.40. The molecule has 0 atom stereocenters. The molecular formula is C16H23NO2. The maximum Gasteiger partial charge on any atom is 0.176 e. The minimum atomic E-state index is 0.187. The van der Waals surface area contributed by atoms with E-state index < -0.39 is 0 Å². The number of Topliss-reactive ketones (excluding diaryl/α,β-unsaturated/α-hetero) is 1. The summed E-state index contributed by atoms with van der Waals surface area (Å²) in [5.41, 5.74) is 0.744. The lowest BCUT2D eigenvalue weighted by Gasteiger charge is -2.23. The van der Waals surface area contributed by atoms with Gasteiger partial charge in [0.1, 0.15) is 5.75 Å². The molecule has 0 unspecified atom stereocenters. The maximum absolute atomic E-state index is 12.3. The molecule has 1 saturated carbocycles. The van der Waals surface area contributed by atoms with Gasteiger partial charge < -0.3 is 4.74 Å². The molecule has 19 heavy (non-hydrogen) atoms. The fraction of sp³-hybridized carbons (Fsp3) is 0.562. The molecule has 1 aliphatic rings. The summed E-state index contributed by atoms with van der Waals surface area (Å²) in [5, 5.41) is 0. The molecular weight excluding hydrogens is 238 g/mol. The maximum atomic E-state index is 12.3. The molecule has 2 rings (SSSR count). The number of hydrogen-bond acceptors (Lipinski definition) is 3. The summed E-state index contributed by atoms with van der Waals surface area (Å²) in [6.07, 6.45) is 2.47. The Morgan fingerprint density at radius 1 is 1.42 bits per heavy atom. The zero-order valence-electron chi connectivity index (χ0n) is 12.1. The van der Waals surface area contributed by atoms with Crippen molar-refractivity contribution in [3.8, 4) is 5.75 Å². The normalized spacial score (nSPS) is 15.0. The second-order valence-corrected chi connectivity index (χ2v) is 5.71. The van der Waals surface area contributed by atoms with Gasteiger partial charge in [-0.1, -0.05) is 26.0 Å². The van der Waals surface area contributed by atoms with E-state index in [0.29, 0.717) is 18.5 Å². The summed E-state index contributed by atoms with van der Waals surface area (Å²) in [7, 11) is 1.62. The van der Waals surface area contributed by atoms with Crippen LogP contribution < -0.4 is 4.74 Å². The van der Waals surface area contributed by atoms with Crippen LogP contribution in [0, 0.1) is 5.92 Å². The third kappa shape index (κ3) is 4.06. The van der Waals surface area contributed by atoms with Gasteiger partial charge >= 0.3 is 0 Å². The van der Waals surface area contributed by atoms with E-state index in [1.165, 1.54) is 12.8 Å². The van der Waals surface area contributed by atoms with E-state index in [4.69, 9.17) is 4.74 Å². The van der Waals surface area contributed by atoms with Crippen molar-refractivity contribution in [3.63, 3.8) is 0 Å². The zero-order valence-corrected chi connectivity index (χ0v) is 12.1. The molecule has 0 N–H and O–H groups in total. The molecule has 0 aromatic heterocycles. The average molecular weight is 261 g/mol.